The van der Waals surface area contributed by atoms with Crippen molar-refractivity contribution in [3.63, 3.8) is 0 Å². The van der Waals surface area contributed by atoms with Crippen molar-refractivity contribution in [3.8, 4) is 5.75 Å². The molecule has 0 amide bonds. The van der Waals surface area contributed by atoms with Crippen LogP contribution in [-0.4, -0.2) is 0 Å². The van der Waals surface area contributed by atoms with Crippen molar-refractivity contribution in [3.05, 3.63) is 63.1 Å². The van der Waals surface area contributed by atoms with E-state index in [1.54, 1.807) is 0 Å². The van der Waals surface area contributed by atoms with Crippen LogP contribution in [0.15, 0.2) is 36.4 Å². The molecule has 0 aromatic heterocycles. The maximum Gasteiger partial charge on any atom is 0.126 e. The molecule has 0 spiro atoms. The number of rotatable bonds is 4. The first-order valence-corrected chi connectivity index (χ1v) is 7.71. The van der Waals surface area contributed by atoms with Gasteiger partial charge in [0.1, 0.15) is 12.4 Å². The molecule has 0 aliphatic heterocycles. The van der Waals surface area contributed by atoms with Gasteiger partial charge in [-0.2, -0.15) is 0 Å². The predicted molar refractivity (Wildman–Crippen MR) is 84.6 cm³/mol. The smallest absolute Gasteiger partial charge is 0.126 e. The lowest BCUT2D eigenvalue weighted by atomic mass is 10.1. The number of alkyl halides is 1. The molecular weight excluding hydrogens is 347 g/mol. The molecule has 0 saturated carbocycles. The summed E-state index contributed by atoms with van der Waals surface area (Å²) in [5, 5.41) is 2.00. The number of halogens is 3. The highest BCUT2D eigenvalue weighted by molar-refractivity contribution is 9.08. The van der Waals surface area contributed by atoms with Gasteiger partial charge in [-0.05, 0) is 24.6 Å². The maximum atomic E-state index is 6.14. The van der Waals surface area contributed by atoms with E-state index in [1.165, 1.54) is 0 Å². The fourth-order valence-electron chi connectivity index (χ4n) is 1.84. The van der Waals surface area contributed by atoms with Crippen LogP contribution in [0.4, 0.5) is 0 Å². The summed E-state index contributed by atoms with van der Waals surface area (Å²) in [5.74, 6) is 0.885. The average molecular weight is 360 g/mol. The SMILES string of the molecule is Cc1cccc(CBr)c1OCc1c(Cl)cccc1Cl. The van der Waals surface area contributed by atoms with E-state index in [-0.39, 0.29) is 0 Å². The molecule has 1 nitrogen and oxygen atoms in total. The molecule has 0 N–H and O–H groups in total. The van der Waals surface area contributed by atoms with Crippen molar-refractivity contribution in [1.29, 1.82) is 0 Å². The van der Waals surface area contributed by atoms with Crippen LogP contribution in [0, 0.1) is 6.92 Å². The molecule has 0 aliphatic carbocycles. The zero-order valence-corrected chi connectivity index (χ0v) is 13.5. The van der Waals surface area contributed by atoms with Gasteiger partial charge in [-0.1, -0.05) is 63.4 Å². The molecule has 19 heavy (non-hydrogen) atoms. The third-order valence-electron chi connectivity index (χ3n) is 2.86. The van der Waals surface area contributed by atoms with Gasteiger partial charge in [0.05, 0.1) is 0 Å². The Morgan fingerprint density at radius 1 is 1.05 bits per heavy atom. The van der Waals surface area contributed by atoms with Crippen molar-refractivity contribution in [2.75, 3.05) is 0 Å². The lowest BCUT2D eigenvalue weighted by Gasteiger charge is -2.14. The molecule has 4 heteroatoms. The van der Waals surface area contributed by atoms with E-state index in [0.29, 0.717) is 16.7 Å². The Labute approximate surface area is 131 Å². The molecule has 0 saturated heterocycles. The monoisotopic (exact) mass is 358 g/mol. The quantitative estimate of drug-likeness (QED) is 0.629. The summed E-state index contributed by atoms with van der Waals surface area (Å²) in [5.41, 5.74) is 3.03. The summed E-state index contributed by atoms with van der Waals surface area (Å²) in [6, 6.07) is 11.5. The number of hydrogen-bond donors (Lipinski definition) is 0. The van der Waals surface area contributed by atoms with Gasteiger partial charge in [-0.3, -0.25) is 0 Å². The lowest BCUT2D eigenvalue weighted by Crippen LogP contribution is -2.01. The summed E-state index contributed by atoms with van der Waals surface area (Å²) < 4.78 is 5.91. The van der Waals surface area contributed by atoms with E-state index >= 15 is 0 Å². The van der Waals surface area contributed by atoms with Gasteiger partial charge in [-0.25, -0.2) is 0 Å². The van der Waals surface area contributed by atoms with Gasteiger partial charge in [0, 0.05) is 26.5 Å². The number of ether oxygens (including phenoxy) is 1. The Morgan fingerprint density at radius 2 is 1.68 bits per heavy atom. The lowest BCUT2D eigenvalue weighted by molar-refractivity contribution is 0.302. The molecule has 0 heterocycles. The standard InChI is InChI=1S/C15H13BrCl2O/c1-10-4-2-5-11(8-16)15(10)19-9-12-13(17)6-3-7-14(12)18/h2-7H,8-9H2,1H3. The first-order chi connectivity index (χ1) is 9.13. The van der Waals surface area contributed by atoms with E-state index in [4.69, 9.17) is 27.9 Å². The van der Waals surface area contributed by atoms with Gasteiger partial charge >= 0.3 is 0 Å². The van der Waals surface area contributed by atoms with Crippen LogP contribution < -0.4 is 4.74 Å². The van der Waals surface area contributed by atoms with Crippen LogP contribution in [0.5, 0.6) is 5.75 Å². The van der Waals surface area contributed by atoms with Crippen LogP contribution >= 0.6 is 39.1 Å². The Kier molecular flexibility index (Phi) is 5.14. The molecular formula is C15H13BrCl2O. The average Bonchev–Trinajstić information content (AvgIpc) is 2.39. The van der Waals surface area contributed by atoms with Crippen LogP contribution in [0.3, 0.4) is 0 Å². The molecule has 0 bridgehead atoms. The number of benzene rings is 2. The van der Waals surface area contributed by atoms with E-state index in [1.807, 2.05) is 43.3 Å². The first-order valence-electron chi connectivity index (χ1n) is 5.83. The van der Waals surface area contributed by atoms with E-state index in [2.05, 4.69) is 15.9 Å². The largest absolute Gasteiger partial charge is 0.488 e. The Morgan fingerprint density at radius 3 is 2.32 bits per heavy atom. The van der Waals surface area contributed by atoms with Gasteiger partial charge in [0.15, 0.2) is 0 Å². The topological polar surface area (TPSA) is 9.23 Å². The molecule has 0 radical (unpaired) electrons. The van der Waals surface area contributed by atoms with Gasteiger partial charge < -0.3 is 4.74 Å². The third-order valence-corrected chi connectivity index (χ3v) is 4.17. The summed E-state index contributed by atoms with van der Waals surface area (Å²) in [6.45, 7) is 2.39. The highest BCUT2D eigenvalue weighted by Gasteiger charge is 2.10. The number of hydrogen-bond acceptors (Lipinski definition) is 1. The van der Waals surface area contributed by atoms with E-state index < -0.39 is 0 Å². The molecule has 100 valence electrons. The molecule has 0 fully saturated rings. The van der Waals surface area contributed by atoms with Crippen molar-refractivity contribution in [2.45, 2.75) is 18.9 Å². The second kappa shape index (κ2) is 6.65. The third kappa shape index (κ3) is 3.44. The second-order valence-corrected chi connectivity index (χ2v) is 5.56. The minimum absolute atomic E-state index is 0.364. The molecule has 0 atom stereocenters. The number of para-hydroxylation sites is 1. The summed E-state index contributed by atoms with van der Waals surface area (Å²) >= 11 is 15.7. The van der Waals surface area contributed by atoms with Gasteiger partial charge in [0.25, 0.3) is 0 Å². The Balaban J connectivity index is 2.24. The van der Waals surface area contributed by atoms with Crippen LogP contribution in [0.2, 0.25) is 10.0 Å². The van der Waals surface area contributed by atoms with Crippen LogP contribution in [-0.2, 0) is 11.9 Å². The van der Waals surface area contributed by atoms with Crippen LogP contribution in [0.25, 0.3) is 0 Å². The minimum Gasteiger partial charge on any atom is -0.488 e. The van der Waals surface area contributed by atoms with Gasteiger partial charge in [0.2, 0.25) is 0 Å². The van der Waals surface area contributed by atoms with E-state index in [0.717, 1.165) is 27.8 Å². The molecule has 0 unspecified atom stereocenters. The normalized spacial score (nSPS) is 10.5. The molecule has 2 rings (SSSR count). The summed E-state index contributed by atoms with van der Waals surface area (Å²) in [6.07, 6.45) is 0. The maximum absolute atomic E-state index is 6.14. The van der Waals surface area contributed by atoms with Gasteiger partial charge in [-0.15, -0.1) is 0 Å². The van der Waals surface area contributed by atoms with Crippen LogP contribution in [0.1, 0.15) is 16.7 Å². The van der Waals surface area contributed by atoms with Crippen molar-refractivity contribution < 1.29 is 4.74 Å². The second-order valence-electron chi connectivity index (χ2n) is 4.19. The summed E-state index contributed by atoms with van der Waals surface area (Å²) in [7, 11) is 0. The highest BCUT2D eigenvalue weighted by atomic mass is 79.9. The zero-order valence-electron chi connectivity index (χ0n) is 10.4. The predicted octanol–water partition coefficient (Wildman–Crippen LogP) is 5.78. The zero-order chi connectivity index (χ0) is 13.8. The minimum atomic E-state index is 0.364. The molecule has 0 aliphatic rings. The first kappa shape index (κ1) is 14.7. The van der Waals surface area contributed by atoms with E-state index in [9.17, 15) is 0 Å². The fraction of sp³-hybridized carbons (Fsp3) is 0.200. The highest BCUT2D eigenvalue weighted by Crippen LogP contribution is 2.29. The van der Waals surface area contributed by atoms with Crippen molar-refractivity contribution in [1.82, 2.24) is 0 Å². The fourth-order valence-corrected chi connectivity index (χ4v) is 2.79. The molecule has 2 aromatic rings. The summed E-state index contributed by atoms with van der Waals surface area (Å²) in [4.78, 5) is 0. The molecule has 2 aromatic carbocycles. The van der Waals surface area contributed by atoms with Crippen molar-refractivity contribution >= 4 is 39.1 Å². The Hall–Kier alpha value is -0.700. The van der Waals surface area contributed by atoms with Crippen molar-refractivity contribution in [2.24, 2.45) is 0 Å². The number of aryl methyl sites for hydroxylation is 1. The Bertz CT molecular complexity index is 564.